The average molecular weight is 463 g/mol. The van der Waals surface area contributed by atoms with Crippen LogP contribution in [0.5, 0.6) is 11.5 Å². The highest BCUT2D eigenvalue weighted by atomic mass is 32.2. The topological polar surface area (TPSA) is 132 Å². The standard InChI is InChI=1S/C23H22N6O3S/c1-33(30,31)26-15-18-13-20(11-12-25-18)32-19-9-7-17(8-10-19)27-22-14-21(28-23(24)29-22)16-5-3-2-4-6-16/h2-14,26H,15H2,1H3,(H3,24,27,28,29). The minimum Gasteiger partial charge on any atom is -0.457 e. The van der Waals surface area contributed by atoms with Crippen molar-refractivity contribution in [2.24, 2.45) is 0 Å². The van der Waals surface area contributed by atoms with Crippen LogP contribution in [0.3, 0.4) is 0 Å². The molecule has 168 valence electrons. The lowest BCUT2D eigenvalue weighted by atomic mass is 10.1. The summed E-state index contributed by atoms with van der Waals surface area (Å²) in [6.07, 6.45) is 2.66. The Morgan fingerprint density at radius 3 is 2.42 bits per heavy atom. The number of rotatable bonds is 8. The van der Waals surface area contributed by atoms with E-state index < -0.39 is 10.0 Å². The van der Waals surface area contributed by atoms with Crippen molar-refractivity contribution in [1.29, 1.82) is 0 Å². The molecule has 4 N–H and O–H groups in total. The van der Waals surface area contributed by atoms with E-state index in [1.807, 2.05) is 48.5 Å². The van der Waals surface area contributed by atoms with Crippen LogP contribution in [0.1, 0.15) is 5.69 Å². The first-order chi connectivity index (χ1) is 15.8. The van der Waals surface area contributed by atoms with E-state index in [1.54, 1.807) is 30.5 Å². The minimum atomic E-state index is -3.30. The average Bonchev–Trinajstić information content (AvgIpc) is 2.79. The third-order valence-electron chi connectivity index (χ3n) is 4.48. The molecule has 0 saturated heterocycles. The molecule has 2 heterocycles. The monoisotopic (exact) mass is 462 g/mol. The van der Waals surface area contributed by atoms with Crippen molar-refractivity contribution >= 4 is 27.5 Å². The van der Waals surface area contributed by atoms with Gasteiger partial charge < -0.3 is 15.8 Å². The number of nitrogens with one attached hydrogen (secondary N) is 2. The van der Waals surface area contributed by atoms with Gasteiger partial charge in [-0.05, 0) is 30.3 Å². The maximum atomic E-state index is 11.3. The van der Waals surface area contributed by atoms with Crippen molar-refractivity contribution in [3.63, 3.8) is 0 Å². The van der Waals surface area contributed by atoms with Crippen LogP contribution in [0.25, 0.3) is 11.3 Å². The third-order valence-corrected chi connectivity index (χ3v) is 5.15. The van der Waals surface area contributed by atoms with E-state index in [0.29, 0.717) is 23.0 Å². The Morgan fingerprint density at radius 1 is 0.939 bits per heavy atom. The summed E-state index contributed by atoms with van der Waals surface area (Å²) >= 11 is 0. The van der Waals surface area contributed by atoms with Crippen molar-refractivity contribution in [3.8, 4) is 22.8 Å². The fraction of sp³-hybridized carbons (Fsp3) is 0.0870. The Kier molecular flexibility index (Phi) is 6.48. The van der Waals surface area contributed by atoms with E-state index in [0.717, 1.165) is 23.2 Å². The summed E-state index contributed by atoms with van der Waals surface area (Å²) in [5.74, 6) is 1.91. The smallest absolute Gasteiger partial charge is 0.222 e. The first-order valence-corrected chi connectivity index (χ1v) is 11.9. The number of nitrogens with two attached hydrogens (primary N) is 1. The van der Waals surface area contributed by atoms with Crippen LogP contribution < -0.4 is 20.5 Å². The van der Waals surface area contributed by atoms with Crippen LogP contribution in [-0.2, 0) is 16.6 Å². The molecule has 9 nitrogen and oxygen atoms in total. The highest BCUT2D eigenvalue weighted by Gasteiger charge is 2.07. The van der Waals surface area contributed by atoms with Gasteiger partial charge in [-0.3, -0.25) is 4.98 Å². The molecule has 0 unspecified atom stereocenters. The lowest BCUT2D eigenvalue weighted by Gasteiger charge is -2.10. The van der Waals surface area contributed by atoms with E-state index in [-0.39, 0.29) is 12.5 Å². The molecule has 0 aliphatic rings. The SMILES string of the molecule is CS(=O)(=O)NCc1cc(Oc2ccc(Nc3cc(-c4ccccc4)nc(N)n3)cc2)ccn1. The number of pyridine rings is 1. The predicted octanol–water partition coefficient (Wildman–Crippen LogP) is 3.71. The van der Waals surface area contributed by atoms with Crippen molar-refractivity contribution in [2.75, 3.05) is 17.3 Å². The Balaban J connectivity index is 1.44. The molecule has 0 fully saturated rings. The first kappa shape index (κ1) is 22.2. The van der Waals surface area contributed by atoms with Crippen LogP contribution in [0, 0.1) is 0 Å². The molecular formula is C23H22N6O3S. The van der Waals surface area contributed by atoms with Crippen molar-refractivity contribution in [3.05, 3.63) is 84.7 Å². The third kappa shape index (κ3) is 6.48. The minimum absolute atomic E-state index is 0.0892. The Bertz CT molecular complexity index is 1350. The molecule has 0 bridgehead atoms. The zero-order valence-corrected chi connectivity index (χ0v) is 18.6. The second-order valence-corrected chi connectivity index (χ2v) is 9.02. The summed E-state index contributed by atoms with van der Waals surface area (Å²) < 4.78 is 30.8. The van der Waals surface area contributed by atoms with Gasteiger partial charge in [0.1, 0.15) is 17.3 Å². The quantitative estimate of drug-likeness (QED) is 0.361. The molecule has 0 atom stereocenters. The number of ether oxygens (including phenoxy) is 1. The van der Waals surface area contributed by atoms with Gasteiger partial charge in [-0.2, -0.15) is 4.98 Å². The normalized spacial score (nSPS) is 11.2. The molecule has 0 aliphatic carbocycles. The van der Waals surface area contributed by atoms with Crippen LogP contribution in [0.4, 0.5) is 17.5 Å². The van der Waals surface area contributed by atoms with E-state index in [1.165, 1.54) is 0 Å². The van der Waals surface area contributed by atoms with Crippen LogP contribution >= 0.6 is 0 Å². The highest BCUT2D eigenvalue weighted by molar-refractivity contribution is 7.88. The van der Waals surface area contributed by atoms with E-state index in [4.69, 9.17) is 10.5 Å². The van der Waals surface area contributed by atoms with Gasteiger partial charge >= 0.3 is 0 Å². The number of benzene rings is 2. The van der Waals surface area contributed by atoms with Crippen LogP contribution in [0.2, 0.25) is 0 Å². The molecule has 33 heavy (non-hydrogen) atoms. The predicted molar refractivity (Wildman–Crippen MR) is 128 cm³/mol. The maximum absolute atomic E-state index is 11.3. The Labute approximate surface area is 191 Å². The maximum Gasteiger partial charge on any atom is 0.222 e. The van der Waals surface area contributed by atoms with E-state index in [2.05, 4.69) is 25.0 Å². The number of nitrogens with zero attached hydrogens (tertiary/aromatic N) is 3. The Morgan fingerprint density at radius 2 is 1.70 bits per heavy atom. The van der Waals surface area contributed by atoms with Crippen molar-refractivity contribution in [1.82, 2.24) is 19.7 Å². The molecule has 4 rings (SSSR count). The van der Waals surface area contributed by atoms with Crippen molar-refractivity contribution < 1.29 is 13.2 Å². The molecule has 0 radical (unpaired) electrons. The molecule has 0 aliphatic heterocycles. The summed E-state index contributed by atoms with van der Waals surface area (Å²) in [7, 11) is -3.30. The summed E-state index contributed by atoms with van der Waals surface area (Å²) in [5, 5.41) is 3.22. The fourth-order valence-electron chi connectivity index (χ4n) is 3.00. The lowest BCUT2D eigenvalue weighted by molar-refractivity contribution is 0.480. The van der Waals surface area contributed by atoms with Crippen molar-refractivity contribution in [2.45, 2.75) is 6.54 Å². The molecule has 10 heteroatoms. The van der Waals surface area contributed by atoms with Gasteiger partial charge in [0.2, 0.25) is 16.0 Å². The number of nitrogen functional groups attached to an aromatic ring is 1. The summed E-state index contributed by atoms with van der Waals surface area (Å²) in [4.78, 5) is 12.7. The Hall–Kier alpha value is -4.02. The summed E-state index contributed by atoms with van der Waals surface area (Å²) in [6, 6.07) is 22.3. The van der Waals surface area contributed by atoms with E-state index >= 15 is 0 Å². The summed E-state index contributed by atoms with van der Waals surface area (Å²) in [6.45, 7) is 0.0892. The molecule has 0 saturated carbocycles. The number of sulfonamides is 1. The number of aromatic nitrogens is 3. The second kappa shape index (κ2) is 9.63. The van der Waals surface area contributed by atoms with E-state index in [9.17, 15) is 8.42 Å². The van der Waals surface area contributed by atoms with Gasteiger partial charge in [-0.1, -0.05) is 30.3 Å². The largest absolute Gasteiger partial charge is 0.457 e. The zero-order valence-electron chi connectivity index (χ0n) is 17.8. The second-order valence-electron chi connectivity index (χ2n) is 7.19. The lowest BCUT2D eigenvalue weighted by Crippen LogP contribution is -2.21. The zero-order chi connectivity index (χ0) is 23.3. The van der Waals surface area contributed by atoms with Gasteiger partial charge in [0.15, 0.2) is 0 Å². The van der Waals surface area contributed by atoms with Crippen LogP contribution in [0.15, 0.2) is 79.0 Å². The molecule has 0 amide bonds. The molecule has 4 aromatic rings. The van der Waals surface area contributed by atoms with Gasteiger partial charge in [0.05, 0.1) is 24.2 Å². The summed E-state index contributed by atoms with van der Waals surface area (Å²) in [5.41, 5.74) is 8.91. The van der Waals surface area contributed by atoms with Gasteiger partial charge in [0, 0.05) is 29.6 Å². The van der Waals surface area contributed by atoms with Gasteiger partial charge in [-0.15, -0.1) is 0 Å². The molecule has 2 aromatic heterocycles. The van der Waals surface area contributed by atoms with Crippen LogP contribution in [-0.4, -0.2) is 29.6 Å². The molecule has 0 spiro atoms. The van der Waals surface area contributed by atoms with Gasteiger partial charge in [0.25, 0.3) is 0 Å². The molecule has 2 aromatic carbocycles. The number of hydrogen-bond acceptors (Lipinski definition) is 8. The molecular weight excluding hydrogens is 440 g/mol. The fourth-order valence-corrected chi connectivity index (χ4v) is 3.41. The highest BCUT2D eigenvalue weighted by Crippen LogP contribution is 2.26. The first-order valence-electron chi connectivity index (χ1n) is 9.98. The van der Waals surface area contributed by atoms with Gasteiger partial charge in [-0.25, -0.2) is 18.1 Å². The number of anilines is 3. The number of hydrogen-bond donors (Lipinski definition) is 3.